The maximum Gasteiger partial charge on any atom is 0.138 e. The molecule has 3 atom stereocenters. The largest absolute Gasteiger partial charge is 0.489 e. The predicted molar refractivity (Wildman–Crippen MR) is 84.1 cm³/mol. The number of halogens is 1. The number of nitrogens with zero attached hydrogens (tertiary/aromatic N) is 2. The molecule has 0 spiro atoms. The summed E-state index contributed by atoms with van der Waals surface area (Å²) in [6.07, 6.45) is -0.312. The first-order valence-corrected chi connectivity index (χ1v) is 7.74. The van der Waals surface area contributed by atoms with E-state index in [1.807, 2.05) is 19.9 Å². The number of hydrogen-bond acceptors (Lipinski definition) is 5. The van der Waals surface area contributed by atoms with Crippen LogP contribution in [0.2, 0.25) is 5.02 Å². The average Bonchev–Trinajstić information content (AvgIpc) is 2.44. The van der Waals surface area contributed by atoms with Gasteiger partial charge in [-0.05, 0) is 26.0 Å². The van der Waals surface area contributed by atoms with E-state index in [1.54, 1.807) is 18.2 Å². The summed E-state index contributed by atoms with van der Waals surface area (Å²) in [5, 5.41) is 19.6. The molecular weight excluding hydrogens is 304 g/mol. The summed E-state index contributed by atoms with van der Waals surface area (Å²) < 4.78 is 11.2. The van der Waals surface area contributed by atoms with E-state index in [-0.39, 0.29) is 18.8 Å². The quantitative estimate of drug-likeness (QED) is 0.898. The number of benzene rings is 1. The summed E-state index contributed by atoms with van der Waals surface area (Å²) >= 11 is 5.95. The Hall–Kier alpha value is -1.32. The van der Waals surface area contributed by atoms with Crippen LogP contribution in [0, 0.1) is 11.3 Å². The molecule has 1 heterocycles. The van der Waals surface area contributed by atoms with Gasteiger partial charge in [-0.15, -0.1) is 0 Å². The lowest BCUT2D eigenvalue weighted by atomic mass is 10.2. The summed E-state index contributed by atoms with van der Waals surface area (Å²) in [5.74, 6) is 0.401. The second kappa shape index (κ2) is 7.80. The van der Waals surface area contributed by atoms with Crippen molar-refractivity contribution in [1.82, 2.24) is 4.90 Å². The Morgan fingerprint density at radius 1 is 1.45 bits per heavy atom. The van der Waals surface area contributed by atoms with Gasteiger partial charge in [0.1, 0.15) is 30.1 Å². The van der Waals surface area contributed by atoms with E-state index in [0.29, 0.717) is 22.9 Å². The van der Waals surface area contributed by atoms with Crippen LogP contribution in [0.25, 0.3) is 0 Å². The number of hydrogen-bond donors (Lipinski definition) is 1. The molecule has 0 amide bonds. The average molecular weight is 325 g/mol. The van der Waals surface area contributed by atoms with Gasteiger partial charge in [-0.2, -0.15) is 5.26 Å². The molecule has 0 radical (unpaired) electrons. The highest BCUT2D eigenvalue weighted by Crippen LogP contribution is 2.25. The molecule has 1 fully saturated rings. The standard InChI is InChI=1S/C16H21ClN2O3/c1-11-7-19(8-12(2)22-11)9-13(20)10-21-16-5-3-4-15(17)14(16)6-18/h3-5,11-13,20H,7-10H2,1-2H3/t11-,12-,13-/m1/s1. The van der Waals surface area contributed by atoms with Crippen molar-refractivity contribution >= 4 is 11.6 Å². The van der Waals surface area contributed by atoms with Crippen molar-refractivity contribution in [2.24, 2.45) is 0 Å². The van der Waals surface area contributed by atoms with Crippen molar-refractivity contribution < 1.29 is 14.6 Å². The second-order valence-electron chi connectivity index (χ2n) is 5.67. The molecule has 0 unspecified atom stereocenters. The fourth-order valence-electron chi connectivity index (χ4n) is 2.70. The molecule has 1 aliphatic rings. The lowest BCUT2D eigenvalue weighted by molar-refractivity contribution is -0.0786. The Morgan fingerprint density at radius 2 is 2.14 bits per heavy atom. The maximum atomic E-state index is 10.1. The summed E-state index contributed by atoms with van der Waals surface area (Å²) in [5.41, 5.74) is 0.296. The van der Waals surface area contributed by atoms with Crippen LogP contribution in [0.15, 0.2) is 18.2 Å². The molecular formula is C16H21ClN2O3. The molecule has 1 N–H and O–H groups in total. The van der Waals surface area contributed by atoms with Gasteiger partial charge in [0.15, 0.2) is 0 Å². The molecule has 1 aromatic rings. The molecule has 1 saturated heterocycles. The lowest BCUT2D eigenvalue weighted by Crippen LogP contribution is -2.48. The first-order chi connectivity index (χ1) is 10.5. The van der Waals surface area contributed by atoms with E-state index in [9.17, 15) is 5.11 Å². The van der Waals surface area contributed by atoms with Crippen molar-refractivity contribution in [3.63, 3.8) is 0 Å². The Balaban J connectivity index is 1.87. The molecule has 0 aromatic heterocycles. The normalized spacial score (nSPS) is 23.8. The van der Waals surface area contributed by atoms with Crippen LogP contribution in [0.4, 0.5) is 0 Å². The highest BCUT2D eigenvalue weighted by molar-refractivity contribution is 6.31. The molecule has 22 heavy (non-hydrogen) atoms. The number of aliphatic hydroxyl groups is 1. The SMILES string of the molecule is C[C@@H]1CN(C[C@@H](O)COc2cccc(Cl)c2C#N)C[C@@H](C)O1. The van der Waals surface area contributed by atoms with Gasteiger partial charge in [-0.25, -0.2) is 0 Å². The van der Waals surface area contributed by atoms with Crippen molar-refractivity contribution in [3.05, 3.63) is 28.8 Å². The monoisotopic (exact) mass is 324 g/mol. The van der Waals surface area contributed by atoms with Gasteiger partial charge in [0.05, 0.1) is 17.2 Å². The third kappa shape index (κ3) is 4.59. The number of ether oxygens (including phenoxy) is 2. The third-order valence-corrected chi connectivity index (χ3v) is 3.80. The van der Waals surface area contributed by atoms with Gasteiger partial charge in [0, 0.05) is 19.6 Å². The lowest BCUT2D eigenvalue weighted by Gasteiger charge is -2.36. The molecule has 0 aliphatic carbocycles. The number of β-amino-alcohol motifs (C(OH)–C–C–N with tert-alkyl or cyclic N) is 1. The van der Waals surface area contributed by atoms with Gasteiger partial charge >= 0.3 is 0 Å². The van der Waals surface area contributed by atoms with Crippen molar-refractivity contribution in [2.75, 3.05) is 26.2 Å². The van der Waals surface area contributed by atoms with Crippen molar-refractivity contribution in [2.45, 2.75) is 32.2 Å². The zero-order valence-electron chi connectivity index (χ0n) is 12.8. The maximum absolute atomic E-state index is 10.1. The Kier molecular flexibility index (Phi) is 6.04. The zero-order chi connectivity index (χ0) is 16.1. The molecule has 0 bridgehead atoms. The minimum Gasteiger partial charge on any atom is -0.489 e. The van der Waals surface area contributed by atoms with Crippen LogP contribution in [-0.2, 0) is 4.74 Å². The van der Waals surface area contributed by atoms with Crippen molar-refractivity contribution in [3.8, 4) is 11.8 Å². The van der Waals surface area contributed by atoms with Crippen LogP contribution >= 0.6 is 11.6 Å². The molecule has 1 aromatic carbocycles. The molecule has 1 aliphatic heterocycles. The molecule has 5 nitrogen and oxygen atoms in total. The van der Waals surface area contributed by atoms with Gasteiger partial charge < -0.3 is 14.6 Å². The fourth-order valence-corrected chi connectivity index (χ4v) is 2.91. The minimum atomic E-state index is -0.636. The highest BCUT2D eigenvalue weighted by Gasteiger charge is 2.24. The van der Waals surface area contributed by atoms with Gasteiger partial charge in [0.25, 0.3) is 0 Å². The molecule has 120 valence electrons. The van der Waals surface area contributed by atoms with Gasteiger partial charge in [-0.3, -0.25) is 4.90 Å². The van der Waals surface area contributed by atoms with E-state index in [4.69, 9.17) is 26.3 Å². The van der Waals surface area contributed by atoms with E-state index in [0.717, 1.165) is 13.1 Å². The van der Waals surface area contributed by atoms with Crippen LogP contribution in [-0.4, -0.2) is 54.6 Å². The summed E-state index contributed by atoms with van der Waals surface area (Å²) in [6.45, 7) is 6.27. The first-order valence-electron chi connectivity index (χ1n) is 7.37. The first kappa shape index (κ1) is 17.0. The number of morpholine rings is 1. The molecule has 0 saturated carbocycles. The van der Waals surface area contributed by atoms with Crippen LogP contribution in [0.5, 0.6) is 5.75 Å². The topological polar surface area (TPSA) is 65.7 Å². The summed E-state index contributed by atoms with van der Waals surface area (Å²) in [4.78, 5) is 2.16. The number of aliphatic hydroxyl groups excluding tert-OH is 1. The van der Waals surface area contributed by atoms with E-state index >= 15 is 0 Å². The van der Waals surface area contributed by atoms with Crippen molar-refractivity contribution in [1.29, 1.82) is 5.26 Å². The van der Waals surface area contributed by atoms with E-state index in [1.165, 1.54) is 0 Å². The van der Waals surface area contributed by atoms with Crippen LogP contribution in [0.3, 0.4) is 0 Å². The van der Waals surface area contributed by atoms with E-state index < -0.39 is 6.10 Å². The Labute approximate surface area is 136 Å². The number of nitriles is 1. The van der Waals surface area contributed by atoms with Crippen LogP contribution < -0.4 is 4.74 Å². The predicted octanol–water partition coefficient (Wildman–Crippen LogP) is 2.06. The Bertz CT molecular complexity index is 537. The second-order valence-corrected chi connectivity index (χ2v) is 6.07. The number of rotatable bonds is 5. The summed E-state index contributed by atoms with van der Waals surface area (Å²) in [6, 6.07) is 7.05. The Morgan fingerprint density at radius 3 is 2.77 bits per heavy atom. The van der Waals surface area contributed by atoms with Crippen LogP contribution in [0.1, 0.15) is 19.4 Å². The molecule has 6 heteroatoms. The highest BCUT2D eigenvalue weighted by atomic mass is 35.5. The third-order valence-electron chi connectivity index (χ3n) is 3.48. The smallest absolute Gasteiger partial charge is 0.138 e. The molecule has 2 rings (SSSR count). The minimum absolute atomic E-state index is 0.120. The van der Waals surface area contributed by atoms with Gasteiger partial charge in [0.2, 0.25) is 0 Å². The zero-order valence-corrected chi connectivity index (χ0v) is 13.6. The van der Waals surface area contributed by atoms with E-state index in [2.05, 4.69) is 4.90 Å². The summed E-state index contributed by atoms with van der Waals surface area (Å²) in [7, 11) is 0. The van der Waals surface area contributed by atoms with Gasteiger partial charge in [-0.1, -0.05) is 17.7 Å². The fraction of sp³-hybridized carbons (Fsp3) is 0.562.